The van der Waals surface area contributed by atoms with Gasteiger partial charge >= 0.3 is 0 Å². The Morgan fingerprint density at radius 2 is 1.90 bits per heavy atom. The molecule has 0 saturated heterocycles. The summed E-state index contributed by atoms with van der Waals surface area (Å²) >= 11 is 3.50. The van der Waals surface area contributed by atoms with Crippen molar-refractivity contribution in [3.8, 4) is 0 Å². The lowest BCUT2D eigenvalue weighted by molar-refractivity contribution is 0.385. The van der Waals surface area contributed by atoms with Crippen LogP contribution in [0.25, 0.3) is 0 Å². The van der Waals surface area contributed by atoms with Crippen molar-refractivity contribution < 1.29 is 8.42 Å². The molecule has 2 rings (SSSR count). The van der Waals surface area contributed by atoms with E-state index in [-0.39, 0.29) is 10.6 Å². The van der Waals surface area contributed by atoms with Gasteiger partial charge in [0.25, 0.3) is 0 Å². The van der Waals surface area contributed by atoms with E-state index in [0.717, 1.165) is 31.2 Å². The Morgan fingerprint density at radius 3 is 2.55 bits per heavy atom. The third-order valence-corrected chi connectivity index (χ3v) is 5.77. The molecule has 1 fully saturated rings. The van der Waals surface area contributed by atoms with Gasteiger partial charge in [-0.1, -0.05) is 53.4 Å². The fourth-order valence-electron chi connectivity index (χ4n) is 2.81. The first-order valence-electron chi connectivity index (χ1n) is 7.21. The van der Waals surface area contributed by atoms with E-state index >= 15 is 0 Å². The van der Waals surface area contributed by atoms with Gasteiger partial charge in [-0.3, -0.25) is 4.72 Å². The van der Waals surface area contributed by atoms with Crippen molar-refractivity contribution in [1.29, 1.82) is 0 Å². The Hall–Kier alpha value is -0.550. The number of nitrogens with one attached hydrogen (secondary N) is 1. The lowest BCUT2D eigenvalue weighted by atomic mass is 9.91. The first-order chi connectivity index (χ1) is 9.48. The topological polar surface area (TPSA) is 46.2 Å². The molecule has 20 heavy (non-hydrogen) atoms. The van der Waals surface area contributed by atoms with Crippen LogP contribution in [-0.4, -0.2) is 14.2 Å². The largest absolute Gasteiger partial charge is 0.283 e. The van der Waals surface area contributed by atoms with E-state index < -0.39 is 10.0 Å². The van der Waals surface area contributed by atoms with Gasteiger partial charge in [0.15, 0.2) is 0 Å². The van der Waals surface area contributed by atoms with Crippen LogP contribution in [0.3, 0.4) is 0 Å². The molecule has 112 valence electrons. The zero-order chi connectivity index (χ0) is 14.6. The summed E-state index contributed by atoms with van der Waals surface area (Å²) in [5, 5.41) is 0. The van der Waals surface area contributed by atoms with Crippen molar-refractivity contribution >= 4 is 31.6 Å². The number of halogens is 1. The molecule has 1 aromatic rings. The number of sulfonamides is 1. The van der Waals surface area contributed by atoms with E-state index in [1.807, 2.05) is 31.2 Å². The van der Waals surface area contributed by atoms with Crippen LogP contribution in [0.2, 0.25) is 0 Å². The fraction of sp³-hybridized carbons (Fsp3) is 0.600. The molecule has 0 aliphatic heterocycles. The van der Waals surface area contributed by atoms with Gasteiger partial charge in [-0.15, -0.1) is 0 Å². The number of para-hydroxylation sites is 1. The Morgan fingerprint density at radius 1 is 1.25 bits per heavy atom. The van der Waals surface area contributed by atoms with Gasteiger partial charge in [0, 0.05) is 4.83 Å². The second-order valence-electron chi connectivity index (χ2n) is 5.59. The minimum Gasteiger partial charge on any atom is -0.283 e. The average Bonchev–Trinajstić information content (AvgIpc) is 2.39. The Kier molecular flexibility index (Phi) is 5.49. The second-order valence-corrected chi connectivity index (χ2v) is 8.73. The summed E-state index contributed by atoms with van der Waals surface area (Å²) in [6, 6.07) is 7.55. The molecule has 1 unspecified atom stereocenters. The van der Waals surface area contributed by atoms with Gasteiger partial charge in [0.1, 0.15) is 0 Å². The molecule has 1 aromatic carbocycles. The first-order valence-corrected chi connectivity index (χ1v) is 9.78. The first kappa shape index (κ1) is 15.8. The summed E-state index contributed by atoms with van der Waals surface area (Å²) in [5.74, 6) is 0.563. The third-order valence-electron chi connectivity index (χ3n) is 3.83. The monoisotopic (exact) mass is 359 g/mol. The quantitative estimate of drug-likeness (QED) is 0.788. The highest BCUT2D eigenvalue weighted by atomic mass is 79.9. The average molecular weight is 360 g/mol. The maximum Gasteiger partial charge on any atom is 0.233 e. The second kappa shape index (κ2) is 6.94. The molecular weight excluding hydrogens is 338 g/mol. The summed E-state index contributed by atoms with van der Waals surface area (Å²) in [5.41, 5.74) is 1.66. The van der Waals surface area contributed by atoms with Crippen molar-refractivity contribution in [2.75, 3.05) is 10.5 Å². The molecule has 0 aromatic heterocycles. The van der Waals surface area contributed by atoms with Gasteiger partial charge in [-0.05, 0) is 37.3 Å². The van der Waals surface area contributed by atoms with Gasteiger partial charge in [-0.2, -0.15) is 0 Å². The third kappa shape index (κ3) is 4.48. The molecule has 0 bridgehead atoms. The number of benzene rings is 1. The molecule has 5 heteroatoms. The van der Waals surface area contributed by atoms with Crippen molar-refractivity contribution in [3.63, 3.8) is 0 Å². The maximum atomic E-state index is 12.3. The summed E-state index contributed by atoms with van der Waals surface area (Å²) < 4.78 is 27.4. The maximum absolute atomic E-state index is 12.3. The number of hydrogen-bond acceptors (Lipinski definition) is 2. The van der Waals surface area contributed by atoms with E-state index in [9.17, 15) is 8.42 Å². The van der Waals surface area contributed by atoms with Gasteiger partial charge in [0.05, 0.1) is 11.4 Å². The predicted molar refractivity (Wildman–Crippen MR) is 87.8 cm³/mol. The van der Waals surface area contributed by atoms with Crippen LogP contribution in [0.5, 0.6) is 0 Å². The minimum absolute atomic E-state index is 0.121. The van der Waals surface area contributed by atoms with Crippen LogP contribution < -0.4 is 4.72 Å². The van der Waals surface area contributed by atoms with E-state index in [2.05, 4.69) is 20.7 Å². The molecule has 0 amide bonds. The molecule has 1 aliphatic rings. The Labute approximate surface area is 130 Å². The molecule has 1 atom stereocenters. The minimum atomic E-state index is -3.26. The Bertz CT molecular complexity index is 537. The molecule has 0 heterocycles. The highest BCUT2D eigenvalue weighted by Gasteiger charge is 2.22. The fourth-order valence-corrected chi connectivity index (χ4v) is 4.77. The smallest absolute Gasteiger partial charge is 0.233 e. The predicted octanol–water partition coefficient (Wildman–Crippen LogP) is 4.46. The molecular formula is C15H22BrNO2S. The lowest BCUT2D eigenvalue weighted by Gasteiger charge is -2.22. The van der Waals surface area contributed by atoms with Gasteiger partial charge in [0.2, 0.25) is 10.0 Å². The number of anilines is 1. The lowest BCUT2D eigenvalue weighted by Crippen LogP contribution is -2.24. The van der Waals surface area contributed by atoms with Crippen molar-refractivity contribution in [1.82, 2.24) is 0 Å². The van der Waals surface area contributed by atoms with Crippen LogP contribution in [-0.2, 0) is 10.0 Å². The normalized spacial score (nSPS) is 18.7. The molecule has 1 aliphatic carbocycles. The van der Waals surface area contributed by atoms with Crippen molar-refractivity contribution in [2.24, 2.45) is 5.92 Å². The van der Waals surface area contributed by atoms with Crippen LogP contribution in [0.15, 0.2) is 24.3 Å². The highest BCUT2D eigenvalue weighted by molar-refractivity contribution is 9.09. The van der Waals surface area contributed by atoms with E-state index in [1.54, 1.807) is 0 Å². The van der Waals surface area contributed by atoms with Crippen LogP contribution in [0.4, 0.5) is 5.69 Å². The van der Waals surface area contributed by atoms with Crippen molar-refractivity contribution in [3.05, 3.63) is 29.8 Å². The zero-order valence-electron chi connectivity index (χ0n) is 11.8. The summed E-state index contributed by atoms with van der Waals surface area (Å²) in [4.78, 5) is 0.121. The zero-order valence-corrected chi connectivity index (χ0v) is 14.2. The number of rotatable bonds is 5. The molecule has 0 radical (unpaired) electrons. The van der Waals surface area contributed by atoms with E-state index in [1.165, 1.54) is 6.42 Å². The standard InChI is InChI=1S/C15H22BrNO2S/c1-12(16)14-9-5-6-10-15(14)17-20(18,19)11-13-7-3-2-4-8-13/h5-6,9-10,12-13,17H,2-4,7-8,11H2,1H3. The summed E-state index contributed by atoms with van der Waals surface area (Å²) in [6.45, 7) is 1.99. The van der Waals surface area contributed by atoms with Crippen LogP contribution in [0, 0.1) is 5.92 Å². The Balaban J connectivity index is 2.08. The number of hydrogen-bond donors (Lipinski definition) is 1. The molecule has 1 N–H and O–H groups in total. The van der Waals surface area contributed by atoms with Crippen LogP contribution >= 0.6 is 15.9 Å². The summed E-state index contributed by atoms with van der Waals surface area (Å²) in [6.07, 6.45) is 5.65. The molecule has 1 saturated carbocycles. The van der Waals surface area contributed by atoms with Crippen molar-refractivity contribution in [2.45, 2.75) is 43.9 Å². The number of alkyl halides is 1. The van der Waals surface area contributed by atoms with Gasteiger partial charge in [-0.25, -0.2) is 8.42 Å². The molecule has 3 nitrogen and oxygen atoms in total. The van der Waals surface area contributed by atoms with Gasteiger partial charge < -0.3 is 0 Å². The SMILES string of the molecule is CC(Br)c1ccccc1NS(=O)(=O)CC1CCCCC1. The summed E-state index contributed by atoms with van der Waals surface area (Å²) in [7, 11) is -3.26. The molecule has 0 spiro atoms. The van der Waals surface area contributed by atoms with E-state index in [4.69, 9.17) is 0 Å². The highest BCUT2D eigenvalue weighted by Crippen LogP contribution is 2.30. The van der Waals surface area contributed by atoms with Crippen LogP contribution in [0.1, 0.15) is 49.4 Å². The van der Waals surface area contributed by atoms with E-state index in [0.29, 0.717) is 11.6 Å².